The number of ether oxygens (including phenoxy) is 2. The van der Waals surface area contributed by atoms with Crippen molar-refractivity contribution in [3.05, 3.63) is 23.8 Å². The van der Waals surface area contributed by atoms with Gasteiger partial charge in [-0.05, 0) is 25.0 Å². The number of methoxy groups -OCH3 is 1. The number of hydrogen-bond donors (Lipinski definition) is 2. The Morgan fingerprint density at radius 1 is 1.29 bits per heavy atom. The van der Waals surface area contributed by atoms with Gasteiger partial charge in [0, 0.05) is 6.04 Å². The highest BCUT2D eigenvalue weighted by Crippen LogP contribution is 2.30. The molecule has 0 aliphatic carbocycles. The minimum atomic E-state index is -0.635. The molecule has 1 rings (SSSR count). The van der Waals surface area contributed by atoms with E-state index in [0.717, 1.165) is 12.8 Å². The zero-order valence-electron chi connectivity index (χ0n) is 12.6. The van der Waals surface area contributed by atoms with E-state index in [-0.39, 0.29) is 29.9 Å². The Kier molecular flexibility index (Phi) is 6.52. The Labute approximate surface area is 124 Å². The smallest absolute Gasteiger partial charge is 0.258 e. The molecule has 0 atom stereocenters. The maximum Gasteiger partial charge on any atom is 0.258 e. The second-order valence-electron chi connectivity index (χ2n) is 4.57. The standard InChI is InChI=1S/C15H22N2O4/c1-4-10(5-2)17-13(18)9-21-14-11(15(16)19)7-6-8-12(14)20-3/h6-8,10H,4-5,9H2,1-3H3,(H2,16,19)(H,17,18). The molecule has 3 N–H and O–H groups in total. The summed E-state index contributed by atoms with van der Waals surface area (Å²) in [6, 6.07) is 4.92. The normalized spacial score (nSPS) is 10.3. The van der Waals surface area contributed by atoms with Gasteiger partial charge in [0.2, 0.25) is 0 Å². The minimum absolute atomic E-state index is 0.120. The first-order valence-electron chi connectivity index (χ1n) is 6.92. The van der Waals surface area contributed by atoms with Crippen LogP contribution in [-0.2, 0) is 4.79 Å². The van der Waals surface area contributed by atoms with Crippen LogP contribution in [0.4, 0.5) is 0 Å². The molecule has 0 saturated carbocycles. The minimum Gasteiger partial charge on any atom is -0.493 e. The Morgan fingerprint density at radius 2 is 1.95 bits per heavy atom. The van der Waals surface area contributed by atoms with Crippen molar-refractivity contribution in [1.29, 1.82) is 0 Å². The van der Waals surface area contributed by atoms with E-state index in [9.17, 15) is 9.59 Å². The molecule has 6 nitrogen and oxygen atoms in total. The van der Waals surface area contributed by atoms with Crippen molar-refractivity contribution in [2.45, 2.75) is 32.7 Å². The molecule has 1 aromatic carbocycles. The fourth-order valence-electron chi connectivity index (χ4n) is 1.92. The summed E-state index contributed by atoms with van der Waals surface area (Å²) in [5.41, 5.74) is 5.48. The van der Waals surface area contributed by atoms with Crippen LogP contribution in [0.3, 0.4) is 0 Å². The number of carbonyl (C=O) groups excluding carboxylic acids is 2. The average molecular weight is 294 g/mol. The van der Waals surface area contributed by atoms with Crippen LogP contribution in [0.1, 0.15) is 37.0 Å². The van der Waals surface area contributed by atoms with E-state index in [0.29, 0.717) is 5.75 Å². The molecular formula is C15H22N2O4. The lowest BCUT2D eigenvalue weighted by molar-refractivity contribution is -0.123. The van der Waals surface area contributed by atoms with Crippen LogP contribution in [0.2, 0.25) is 0 Å². The van der Waals surface area contributed by atoms with Crippen molar-refractivity contribution in [3.8, 4) is 11.5 Å². The van der Waals surface area contributed by atoms with Gasteiger partial charge in [-0.1, -0.05) is 19.9 Å². The highest BCUT2D eigenvalue weighted by Gasteiger charge is 2.16. The molecule has 0 heterocycles. The van der Waals surface area contributed by atoms with Crippen molar-refractivity contribution >= 4 is 11.8 Å². The zero-order valence-corrected chi connectivity index (χ0v) is 12.6. The predicted octanol–water partition coefficient (Wildman–Crippen LogP) is 1.48. The quantitative estimate of drug-likeness (QED) is 0.759. The van der Waals surface area contributed by atoms with Crippen molar-refractivity contribution in [2.24, 2.45) is 5.73 Å². The van der Waals surface area contributed by atoms with Crippen molar-refractivity contribution in [3.63, 3.8) is 0 Å². The number of amides is 2. The number of nitrogens with two attached hydrogens (primary N) is 1. The lowest BCUT2D eigenvalue weighted by Crippen LogP contribution is -2.37. The molecule has 2 amide bonds. The summed E-state index contributed by atoms with van der Waals surface area (Å²) in [5, 5.41) is 2.85. The number of primary amides is 1. The Balaban J connectivity index is 2.78. The number of hydrogen-bond acceptors (Lipinski definition) is 4. The van der Waals surface area contributed by atoms with Crippen LogP contribution in [-0.4, -0.2) is 31.6 Å². The molecule has 0 radical (unpaired) electrons. The summed E-state index contributed by atoms with van der Waals surface area (Å²) in [5.74, 6) is -0.330. The van der Waals surface area contributed by atoms with Gasteiger partial charge >= 0.3 is 0 Å². The van der Waals surface area contributed by atoms with E-state index in [4.69, 9.17) is 15.2 Å². The molecule has 0 spiro atoms. The average Bonchev–Trinajstić information content (AvgIpc) is 2.49. The molecule has 0 aliphatic rings. The van der Waals surface area contributed by atoms with Gasteiger partial charge in [0.15, 0.2) is 18.1 Å². The Morgan fingerprint density at radius 3 is 2.48 bits per heavy atom. The molecule has 6 heteroatoms. The molecule has 0 fully saturated rings. The largest absolute Gasteiger partial charge is 0.493 e. The van der Waals surface area contributed by atoms with Crippen LogP contribution in [0, 0.1) is 0 Å². The van der Waals surface area contributed by atoms with Crippen LogP contribution in [0.25, 0.3) is 0 Å². The van der Waals surface area contributed by atoms with Gasteiger partial charge < -0.3 is 20.5 Å². The van der Waals surface area contributed by atoms with Gasteiger partial charge in [0.05, 0.1) is 12.7 Å². The highest BCUT2D eigenvalue weighted by atomic mass is 16.5. The van der Waals surface area contributed by atoms with Crippen LogP contribution >= 0.6 is 0 Å². The van der Waals surface area contributed by atoms with E-state index in [1.807, 2.05) is 13.8 Å². The van der Waals surface area contributed by atoms with E-state index in [1.165, 1.54) is 13.2 Å². The molecule has 0 aliphatic heterocycles. The van der Waals surface area contributed by atoms with E-state index >= 15 is 0 Å². The Bertz CT molecular complexity index is 498. The molecule has 21 heavy (non-hydrogen) atoms. The molecule has 116 valence electrons. The first-order chi connectivity index (χ1) is 10.0. The number of nitrogens with one attached hydrogen (secondary N) is 1. The van der Waals surface area contributed by atoms with Gasteiger partial charge in [-0.15, -0.1) is 0 Å². The maximum atomic E-state index is 11.8. The molecule has 0 aromatic heterocycles. The van der Waals surface area contributed by atoms with Crippen LogP contribution < -0.4 is 20.5 Å². The van der Waals surface area contributed by atoms with Gasteiger partial charge in [-0.25, -0.2) is 0 Å². The molecule has 0 bridgehead atoms. The number of rotatable bonds is 8. The first kappa shape index (κ1) is 16.8. The monoisotopic (exact) mass is 294 g/mol. The van der Waals surface area contributed by atoms with E-state index in [1.54, 1.807) is 12.1 Å². The van der Waals surface area contributed by atoms with Gasteiger partial charge in [-0.2, -0.15) is 0 Å². The molecule has 1 aromatic rings. The number of para-hydroxylation sites is 1. The van der Waals surface area contributed by atoms with E-state index in [2.05, 4.69) is 5.32 Å². The number of carbonyl (C=O) groups is 2. The maximum absolute atomic E-state index is 11.8. The lowest BCUT2D eigenvalue weighted by Gasteiger charge is -2.16. The summed E-state index contributed by atoms with van der Waals surface area (Å²) in [6.45, 7) is 3.80. The zero-order chi connectivity index (χ0) is 15.8. The molecule has 0 unspecified atom stereocenters. The molecular weight excluding hydrogens is 272 g/mol. The van der Waals surface area contributed by atoms with Crippen LogP contribution in [0.15, 0.2) is 18.2 Å². The third-order valence-corrected chi connectivity index (χ3v) is 3.16. The van der Waals surface area contributed by atoms with Gasteiger partial charge in [0.1, 0.15) is 0 Å². The highest BCUT2D eigenvalue weighted by molar-refractivity contribution is 5.96. The third kappa shape index (κ3) is 4.66. The van der Waals surface area contributed by atoms with E-state index < -0.39 is 5.91 Å². The summed E-state index contributed by atoms with van der Waals surface area (Å²) in [6.07, 6.45) is 1.70. The Hall–Kier alpha value is -2.24. The van der Waals surface area contributed by atoms with Crippen molar-refractivity contribution in [1.82, 2.24) is 5.32 Å². The SMILES string of the molecule is CCC(CC)NC(=O)COc1c(OC)cccc1C(N)=O. The first-order valence-corrected chi connectivity index (χ1v) is 6.92. The fraction of sp³-hybridized carbons (Fsp3) is 0.467. The van der Waals surface area contributed by atoms with Crippen molar-refractivity contribution in [2.75, 3.05) is 13.7 Å². The van der Waals surface area contributed by atoms with Crippen LogP contribution in [0.5, 0.6) is 11.5 Å². The second kappa shape index (κ2) is 8.14. The second-order valence-corrected chi connectivity index (χ2v) is 4.57. The predicted molar refractivity (Wildman–Crippen MR) is 79.5 cm³/mol. The topological polar surface area (TPSA) is 90.7 Å². The summed E-state index contributed by atoms with van der Waals surface area (Å²) in [4.78, 5) is 23.2. The fourth-order valence-corrected chi connectivity index (χ4v) is 1.92. The lowest BCUT2D eigenvalue weighted by atomic mass is 10.1. The summed E-state index contributed by atoms with van der Waals surface area (Å²) < 4.78 is 10.6. The summed E-state index contributed by atoms with van der Waals surface area (Å²) >= 11 is 0. The van der Waals surface area contributed by atoms with Crippen molar-refractivity contribution < 1.29 is 19.1 Å². The van der Waals surface area contributed by atoms with Gasteiger partial charge in [0.25, 0.3) is 11.8 Å². The third-order valence-electron chi connectivity index (χ3n) is 3.16. The molecule has 0 saturated heterocycles. The number of benzene rings is 1. The summed E-state index contributed by atoms with van der Waals surface area (Å²) in [7, 11) is 1.46. The van der Waals surface area contributed by atoms with Gasteiger partial charge in [-0.3, -0.25) is 9.59 Å².